The van der Waals surface area contributed by atoms with Crippen LogP contribution < -0.4 is 26.2 Å². The van der Waals surface area contributed by atoms with Crippen LogP contribution in [0.4, 0.5) is 9.59 Å². The number of aromatic nitrogens is 2. The number of hydrogen-bond acceptors (Lipinski definition) is 7. The quantitative estimate of drug-likeness (QED) is 0.450. The van der Waals surface area contributed by atoms with Gasteiger partial charge in [-0.15, -0.1) is 0 Å². The number of methoxy groups -OCH3 is 1. The first kappa shape index (κ1) is 26.1. The number of benzene rings is 2. The first-order chi connectivity index (χ1) is 17.9. The number of ether oxygens (including phenoxy) is 3. The zero-order chi connectivity index (χ0) is 26.4. The molecule has 0 saturated carbocycles. The summed E-state index contributed by atoms with van der Waals surface area (Å²) in [5, 5.41) is 2.92. The zero-order valence-electron chi connectivity index (χ0n) is 21.1. The summed E-state index contributed by atoms with van der Waals surface area (Å²) < 4.78 is 18.9. The van der Waals surface area contributed by atoms with Gasteiger partial charge in [0.15, 0.2) is 6.10 Å². The minimum absolute atomic E-state index is 0.172. The number of hydrogen-bond donors (Lipinski definition) is 2. The van der Waals surface area contributed by atoms with Crippen molar-refractivity contribution >= 4 is 23.2 Å². The van der Waals surface area contributed by atoms with E-state index in [1.807, 2.05) is 12.1 Å². The molecule has 198 valence electrons. The molecular weight excluding hydrogens is 478 g/mol. The van der Waals surface area contributed by atoms with Crippen molar-refractivity contribution in [3.8, 4) is 11.5 Å². The van der Waals surface area contributed by atoms with Crippen LogP contribution in [0.25, 0.3) is 11.0 Å². The maximum absolute atomic E-state index is 12.8. The Labute approximate surface area is 214 Å². The summed E-state index contributed by atoms with van der Waals surface area (Å²) in [6, 6.07) is 13.9. The van der Waals surface area contributed by atoms with Crippen LogP contribution in [0.1, 0.15) is 12.8 Å². The summed E-state index contributed by atoms with van der Waals surface area (Å²) in [6.45, 7) is 2.69. The van der Waals surface area contributed by atoms with Gasteiger partial charge in [0.2, 0.25) is 0 Å². The average Bonchev–Trinajstić information content (AvgIpc) is 3.16. The Morgan fingerprint density at radius 3 is 2.35 bits per heavy atom. The number of para-hydroxylation sites is 2. The van der Waals surface area contributed by atoms with Gasteiger partial charge in [0, 0.05) is 20.1 Å². The summed E-state index contributed by atoms with van der Waals surface area (Å²) >= 11 is 0. The SMILES string of the molecule is COc1ccc(OCC(CN2CCC(CNC(=O)n3c(=O)n(C)c4ccccc43)CC2)OC(N)=O)cc1. The van der Waals surface area contributed by atoms with Crippen molar-refractivity contribution in [3.63, 3.8) is 0 Å². The number of aryl methyl sites for hydroxylation is 1. The van der Waals surface area contributed by atoms with Crippen LogP contribution in [0.2, 0.25) is 0 Å². The maximum Gasteiger partial charge on any atom is 0.404 e. The van der Waals surface area contributed by atoms with Crippen LogP contribution in [0, 0.1) is 5.92 Å². The first-order valence-electron chi connectivity index (χ1n) is 12.3. The van der Waals surface area contributed by atoms with Crippen molar-refractivity contribution in [3.05, 3.63) is 59.0 Å². The summed E-state index contributed by atoms with van der Waals surface area (Å²) in [5.41, 5.74) is 6.19. The number of amides is 2. The molecule has 0 aliphatic carbocycles. The molecule has 1 saturated heterocycles. The van der Waals surface area contributed by atoms with E-state index in [-0.39, 0.29) is 18.2 Å². The number of piperidine rings is 1. The number of nitrogens with two attached hydrogens (primary N) is 1. The lowest BCUT2D eigenvalue weighted by Crippen LogP contribution is -2.45. The second-order valence-electron chi connectivity index (χ2n) is 9.14. The van der Waals surface area contributed by atoms with E-state index in [0.717, 1.165) is 31.7 Å². The van der Waals surface area contributed by atoms with Crippen LogP contribution in [0.5, 0.6) is 11.5 Å². The highest BCUT2D eigenvalue weighted by Gasteiger charge is 2.25. The lowest BCUT2D eigenvalue weighted by Gasteiger charge is -2.33. The number of likely N-dealkylation sites (tertiary alicyclic amines) is 1. The van der Waals surface area contributed by atoms with Crippen LogP contribution in [-0.4, -0.2) is 72.2 Å². The van der Waals surface area contributed by atoms with Gasteiger partial charge in [-0.2, -0.15) is 0 Å². The molecule has 2 heterocycles. The molecule has 1 atom stereocenters. The van der Waals surface area contributed by atoms with Crippen LogP contribution >= 0.6 is 0 Å². The van der Waals surface area contributed by atoms with Crippen molar-refractivity contribution in [2.75, 3.05) is 39.9 Å². The molecule has 11 heteroatoms. The second kappa shape index (κ2) is 11.8. The summed E-state index contributed by atoms with van der Waals surface area (Å²) in [4.78, 5) is 39.0. The number of rotatable bonds is 9. The van der Waals surface area contributed by atoms with Crippen molar-refractivity contribution in [2.45, 2.75) is 18.9 Å². The van der Waals surface area contributed by atoms with Gasteiger partial charge in [0.1, 0.15) is 18.1 Å². The van der Waals surface area contributed by atoms with E-state index in [1.165, 1.54) is 9.13 Å². The van der Waals surface area contributed by atoms with E-state index in [2.05, 4.69) is 10.2 Å². The van der Waals surface area contributed by atoms with Crippen LogP contribution in [0.15, 0.2) is 53.3 Å². The van der Waals surface area contributed by atoms with Gasteiger partial charge >= 0.3 is 17.8 Å². The smallest absolute Gasteiger partial charge is 0.404 e. The van der Waals surface area contributed by atoms with E-state index in [1.54, 1.807) is 50.6 Å². The summed E-state index contributed by atoms with van der Waals surface area (Å²) in [7, 11) is 3.25. The number of imidazole rings is 1. The Morgan fingerprint density at radius 1 is 1.05 bits per heavy atom. The van der Waals surface area contributed by atoms with Crippen LogP contribution in [-0.2, 0) is 11.8 Å². The molecule has 0 bridgehead atoms. The Morgan fingerprint density at radius 2 is 1.70 bits per heavy atom. The first-order valence-corrected chi connectivity index (χ1v) is 12.3. The largest absolute Gasteiger partial charge is 0.497 e. The Balaban J connectivity index is 1.26. The Hall–Kier alpha value is -3.99. The Kier molecular flexibility index (Phi) is 8.34. The van der Waals surface area contributed by atoms with Gasteiger partial charge in [-0.25, -0.2) is 19.0 Å². The summed E-state index contributed by atoms with van der Waals surface area (Å²) in [6.07, 6.45) is 0.347. The van der Waals surface area contributed by atoms with E-state index in [9.17, 15) is 14.4 Å². The lowest BCUT2D eigenvalue weighted by atomic mass is 9.96. The molecule has 1 fully saturated rings. The van der Waals surface area contributed by atoms with Crippen molar-refractivity contribution in [1.82, 2.24) is 19.4 Å². The molecule has 1 unspecified atom stereocenters. The fourth-order valence-corrected chi connectivity index (χ4v) is 4.61. The molecule has 4 rings (SSSR count). The topological polar surface area (TPSA) is 130 Å². The van der Waals surface area contributed by atoms with E-state index in [4.69, 9.17) is 19.9 Å². The van der Waals surface area contributed by atoms with E-state index < -0.39 is 18.2 Å². The van der Waals surface area contributed by atoms with Gasteiger partial charge in [-0.3, -0.25) is 9.47 Å². The second-order valence-corrected chi connectivity index (χ2v) is 9.14. The van der Waals surface area contributed by atoms with Gasteiger partial charge in [-0.05, 0) is 68.2 Å². The molecule has 1 aliphatic rings. The molecule has 1 aliphatic heterocycles. The highest BCUT2D eigenvalue weighted by molar-refractivity contribution is 5.89. The fraction of sp³-hybridized carbons (Fsp3) is 0.423. The molecule has 37 heavy (non-hydrogen) atoms. The highest BCUT2D eigenvalue weighted by Crippen LogP contribution is 2.20. The van der Waals surface area contributed by atoms with Crippen molar-refractivity contribution in [1.29, 1.82) is 0 Å². The third-order valence-electron chi connectivity index (χ3n) is 6.65. The van der Waals surface area contributed by atoms with Gasteiger partial charge in [0.05, 0.1) is 18.1 Å². The molecule has 1 aromatic heterocycles. The van der Waals surface area contributed by atoms with Gasteiger partial charge < -0.3 is 25.3 Å². The number of carbonyl (C=O) groups excluding carboxylic acids is 2. The average molecular weight is 512 g/mol. The molecule has 11 nitrogen and oxygen atoms in total. The molecular formula is C26H33N5O6. The third-order valence-corrected chi connectivity index (χ3v) is 6.65. The molecule has 3 N–H and O–H groups in total. The lowest BCUT2D eigenvalue weighted by molar-refractivity contribution is 0.0368. The molecule has 3 aromatic rings. The minimum Gasteiger partial charge on any atom is -0.497 e. The van der Waals surface area contributed by atoms with Crippen molar-refractivity contribution < 1.29 is 23.8 Å². The number of fused-ring (bicyclic) bond motifs is 1. The number of primary amides is 1. The highest BCUT2D eigenvalue weighted by atomic mass is 16.6. The standard InChI is InChI=1S/C26H33N5O6/c1-29-22-5-3-4-6-23(22)31(26(29)34)25(33)28-15-18-11-13-30(14-12-18)16-21(37-24(27)32)17-36-20-9-7-19(35-2)8-10-20/h3-10,18,21H,11-17H2,1-2H3,(H2,27,32)(H,28,33). The van der Waals surface area contributed by atoms with Crippen LogP contribution in [0.3, 0.4) is 0 Å². The zero-order valence-corrected chi connectivity index (χ0v) is 21.1. The number of nitrogens with zero attached hydrogens (tertiary/aromatic N) is 3. The monoisotopic (exact) mass is 511 g/mol. The molecule has 2 aromatic carbocycles. The number of nitrogens with one attached hydrogen (secondary N) is 1. The van der Waals surface area contributed by atoms with E-state index in [0.29, 0.717) is 29.9 Å². The van der Waals surface area contributed by atoms with Gasteiger partial charge in [-0.1, -0.05) is 12.1 Å². The minimum atomic E-state index is -0.843. The fourth-order valence-electron chi connectivity index (χ4n) is 4.61. The molecule has 2 amide bonds. The van der Waals surface area contributed by atoms with Gasteiger partial charge in [0.25, 0.3) is 0 Å². The Bertz CT molecular complexity index is 1280. The predicted molar refractivity (Wildman–Crippen MR) is 138 cm³/mol. The van der Waals surface area contributed by atoms with Crippen molar-refractivity contribution in [2.24, 2.45) is 18.7 Å². The maximum atomic E-state index is 12.8. The predicted octanol–water partition coefficient (Wildman–Crippen LogP) is 2.16. The molecule has 0 spiro atoms. The number of carbonyl (C=O) groups is 2. The van der Waals surface area contributed by atoms with E-state index >= 15 is 0 Å². The summed E-state index contributed by atoms with van der Waals surface area (Å²) in [5.74, 6) is 1.64. The third kappa shape index (κ3) is 6.42. The molecule has 0 radical (unpaired) electrons. The normalized spacial score (nSPS) is 15.3.